The van der Waals surface area contributed by atoms with E-state index in [1.807, 2.05) is 0 Å². The van der Waals surface area contributed by atoms with Crippen molar-refractivity contribution in [1.82, 2.24) is 0 Å². The Kier molecular flexibility index (Phi) is 3.95. The van der Waals surface area contributed by atoms with Gasteiger partial charge in [0, 0.05) is 18.2 Å². The molecule has 17 heavy (non-hydrogen) atoms. The van der Waals surface area contributed by atoms with Crippen LogP contribution in [0.15, 0.2) is 24.3 Å². The van der Waals surface area contributed by atoms with Crippen LogP contribution in [0.4, 0.5) is 0 Å². The predicted octanol–water partition coefficient (Wildman–Crippen LogP) is -0.264. The molecular formula is C11H12O6. The fraction of sp³-hybridized carbons (Fsp3) is 0.273. The van der Waals surface area contributed by atoms with Gasteiger partial charge in [0.25, 0.3) is 0 Å². The number of benzene rings is 1. The second-order valence-corrected chi connectivity index (χ2v) is 3.35. The summed E-state index contributed by atoms with van der Waals surface area (Å²) in [6.07, 6.45) is -1.76. The number of methoxy groups -OCH3 is 1. The van der Waals surface area contributed by atoms with Crippen LogP contribution in [0.5, 0.6) is 0 Å². The summed E-state index contributed by atoms with van der Waals surface area (Å²) in [5.74, 6) is -4.13. The number of aliphatic hydroxyl groups excluding tert-OH is 1. The van der Waals surface area contributed by atoms with Crippen molar-refractivity contribution in [3.8, 4) is 0 Å². The molecule has 0 fully saturated rings. The Morgan fingerprint density at radius 1 is 1.47 bits per heavy atom. The zero-order chi connectivity index (χ0) is 13.1. The van der Waals surface area contributed by atoms with Crippen molar-refractivity contribution in [1.29, 1.82) is 0 Å². The van der Waals surface area contributed by atoms with Crippen LogP contribution < -0.4 is 0 Å². The second kappa shape index (κ2) is 5.05. The Labute approximate surface area is 97.1 Å². The van der Waals surface area contributed by atoms with E-state index in [0.29, 0.717) is 6.29 Å². The first-order valence-corrected chi connectivity index (χ1v) is 4.70. The van der Waals surface area contributed by atoms with E-state index in [9.17, 15) is 19.8 Å². The van der Waals surface area contributed by atoms with Crippen LogP contribution in [0.3, 0.4) is 0 Å². The fourth-order valence-electron chi connectivity index (χ4n) is 1.46. The molecule has 0 aliphatic rings. The number of carbonyl (C=O) groups is 2. The third-order valence-electron chi connectivity index (χ3n) is 2.39. The van der Waals surface area contributed by atoms with E-state index in [-0.39, 0.29) is 11.1 Å². The highest BCUT2D eigenvalue weighted by molar-refractivity contribution is 5.79. The van der Waals surface area contributed by atoms with Crippen LogP contribution in [-0.2, 0) is 15.3 Å². The van der Waals surface area contributed by atoms with E-state index in [4.69, 9.17) is 5.11 Å². The number of hydrogen-bond acceptors (Lipinski definition) is 5. The van der Waals surface area contributed by atoms with Gasteiger partial charge in [-0.1, -0.05) is 24.3 Å². The lowest BCUT2D eigenvalue weighted by molar-refractivity contribution is -0.253. The fourth-order valence-corrected chi connectivity index (χ4v) is 1.46. The lowest BCUT2D eigenvalue weighted by Gasteiger charge is -2.30. The van der Waals surface area contributed by atoms with E-state index in [0.717, 1.165) is 7.11 Å². The van der Waals surface area contributed by atoms with Gasteiger partial charge < -0.3 is 20.1 Å². The number of aldehydes is 1. The minimum Gasteiger partial charge on any atom is -0.479 e. The van der Waals surface area contributed by atoms with E-state index in [1.54, 1.807) is 0 Å². The van der Waals surface area contributed by atoms with Crippen LogP contribution in [0.1, 0.15) is 15.9 Å². The number of hydrogen-bond donors (Lipinski definition) is 3. The molecule has 0 aromatic heterocycles. The maximum Gasteiger partial charge on any atom is 0.338 e. The zero-order valence-corrected chi connectivity index (χ0v) is 9.03. The standard InChI is InChI=1S/C11H12O6/c1-17-11(16,9(13)10(14)15)8-5-3-2-4-7(8)6-12/h2-6,9,13,16H,1H3,(H,14,15). The van der Waals surface area contributed by atoms with Gasteiger partial charge in [-0.05, 0) is 0 Å². The molecule has 1 rings (SSSR count). The van der Waals surface area contributed by atoms with Gasteiger partial charge in [-0.25, -0.2) is 4.79 Å². The quantitative estimate of drug-likeness (QED) is 0.483. The molecule has 3 N–H and O–H groups in total. The molecule has 6 heteroatoms. The molecule has 0 aliphatic heterocycles. The zero-order valence-electron chi connectivity index (χ0n) is 9.03. The normalized spacial score (nSPS) is 15.9. The van der Waals surface area contributed by atoms with Crippen LogP contribution in [-0.4, -0.2) is 40.8 Å². The molecule has 92 valence electrons. The maximum atomic E-state index is 10.8. The van der Waals surface area contributed by atoms with Crippen LogP contribution in [0.2, 0.25) is 0 Å². The third kappa shape index (κ3) is 2.33. The van der Waals surface area contributed by atoms with Gasteiger partial charge in [0.1, 0.15) is 0 Å². The number of ether oxygens (including phenoxy) is 1. The molecule has 1 aromatic carbocycles. The summed E-state index contributed by atoms with van der Waals surface area (Å²) in [5.41, 5.74) is -0.0652. The molecular weight excluding hydrogens is 228 g/mol. The number of carboxylic acid groups (broad SMARTS) is 1. The first-order valence-electron chi connectivity index (χ1n) is 4.70. The van der Waals surface area contributed by atoms with Crippen molar-refractivity contribution in [2.75, 3.05) is 7.11 Å². The average Bonchev–Trinajstić information content (AvgIpc) is 2.36. The van der Waals surface area contributed by atoms with Gasteiger partial charge >= 0.3 is 5.97 Å². The van der Waals surface area contributed by atoms with E-state index < -0.39 is 17.9 Å². The van der Waals surface area contributed by atoms with E-state index in [2.05, 4.69) is 4.74 Å². The molecule has 0 radical (unpaired) electrons. The third-order valence-corrected chi connectivity index (χ3v) is 2.39. The molecule has 0 bridgehead atoms. The Morgan fingerprint density at radius 2 is 2.06 bits per heavy atom. The van der Waals surface area contributed by atoms with Gasteiger partial charge in [-0.15, -0.1) is 0 Å². The van der Waals surface area contributed by atoms with Gasteiger partial charge in [-0.2, -0.15) is 0 Å². The summed E-state index contributed by atoms with van der Waals surface area (Å²) in [7, 11) is 1.04. The smallest absolute Gasteiger partial charge is 0.338 e. The highest BCUT2D eigenvalue weighted by Gasteiger charge is 2.44. The molecule has 0 spiro atoms. The van der Waals surface area contributed by atoms with Gasteiger partial charge in [0.15, 0.2) is 6.29 Å². The molecule has 0 saturated carbocycles. The Bertz CT molecular complexity index is 430. The number of carbonyl (C=O) groups excluding carboxylic acids is 1. The summed E-state index contributed by atoms with van der Waals surface area (Å²) in [5, 5.41) is 28.2. The number of rotatable bonds is 5. The highest BCUT2D eigenvalue weighted by Crippen LogP contribution is 2.28. The number of aliphatic hydroxyl groups is 2. The minimum atomic E-state index is -2.47. The van der Waals surface area contributed by atoms with Crippen LogP contribution in [0, 0.1) is 0 Å². The largest absolute Gasteiger partial charge is 0.479 e. The van der Waals surface area contributed by atoms with Crippen molar-refractivity contribution < 1.29 is 29.6 Å². The lowest BCUT2D eigenvalue weighted by atomic mass is 9.95. The van der Waals surface area contributed by atoms with Crippen molar-refractivity contribution in [3.05, 3.63) is 35.4 Å². The predicted molar refractivity (Wildman–Crippen MR) is 56.4 cm³/mol. The monoisotopic (exact) mass is 240 g/mol. The molecule has 0 aliphatic carbocycles. The highest BCUT2D eigenvalue weighted by atomic mass is 16.6. The summed E-state index contributed by atoms with van der Waals surface area (Å²) in [6.45, 7) is 0. The Hall–Kier alpha value is -1.76. The van der Waals surface area contributed by atoms with Crippen LogP contribution in [0.25, 0.3) is 0 Å². The summed E-state index contributed by atoms with van der Waals surface area (Å²) in [6, 6.07) is 5.71. The average molecular weight is 240 g/mol. The Morgan fingerprint density at radius 3 is 2.53 bits per heavy atom. The lowest BCUT2D eigenvalue weighted by Crippen LogP contribution is -2.46. The van der Waals surface area contributed by atoms with Gasteiger partial charge in [0.2, 0.25) is 11.9 Å². The topological polar surface area (TPSA) is 104 Å². The number of carboxylic acids is 1. The van der Waals surface area contributed by atoms with Crippen molar-refractivity contribution >= 4 is 12.3 Å². The summed E-state index contributed by atoms with van der Waals surface area (Å²) < 4.78 is 4.66. The minimum absolute atomic E-state index is 0.0390. The van der Waals surface area contributed by atoms with Gasteiger partial charge in [-0.3, -0.25) is 4.79 Å². The summed E-state index contributed by atoms with van der Waals surface area (Å²) in [4.78, 5) is 21.5. The molecule has 2 unspecified atom stereocenters. The first-order chi connectivity index (χ1) is 7.97. The first kappa shape index (κ1) is 13.3. The molecule has 1 aromatic rings. The van der Waals surface area contributed by atoms with Crippen LogP contribution >= 0.6 is 0 Å². The molecule has 6 nitrogen and oxygen atoms in total. The van der Waals surface area contributed by atoms with Crippen molar-refractivity contribution in [2.24, 2.45) is 0 Å². The van der Waals surface area contributed by atoms with Crippen molar-refractivity contribution in [3.63, 3.8) is 0 Å². The second-order valence-electron chi connectivity index (χ2n) is 3.35. The van der Waals surface area contributed by atoms with Gasteiger partial charge in [0.05, 0.1) is 0 Å². The SMILES string of the molecule is COC(O)(c1ccccc1C=O)C(O)C(=O)O. The van der Waals surface area contributed by atoms with Crippen molar-refractivity contribution in [2.45, 2.75) is 11.9 Å². The van der Waals surface area contributed by atoms with E-state index in [1.165, 1.54) is 24.3 Å². The van der Waals surface area contributed by atoms with E-state index >= 15 is 0 Å². The Balaban J connectivity index is 3.34. The number of aliphatic carboxylic acids is 1. The molecule has 2 atom stereocenters. The maximum absolute atomic E-state index is 10.8. The molecule has 0 saturated heterocycles. The summed E-state index contributed by atoms with van der Waals surface area (Å²) >= 11 is 0. The molecule has 0 amide bonds. The molecule has 0 heterocycles.